The van der Waals surface area contributed by atoms with Crippen molar-refractivity contribution in [1.29, 1.82) is 0 Å². The van der Waals surface area contributed by atoms with Gasteiger partial charge < -0.3 is 25.2 Å². The minimum atomic E-state index is -1.00. The van der Waals surface area contributed by atoms with E-state index in [2.05, 4.69) is 5.32 Å². The number of amides is 2. The predicted octanol–water partition coefficient (Wildman–Crippen LogP) is 2.06. The Bertz CT molecular complexity index is 1110. The summed E-state index contributed by atoms with van der Waals surface area (Å²) in [5, 5.41) is 23.5. The normalized spacial score (nSPS) is 25.0. The first-order chi connectivity index (χ1) is 16.5. The molecule has 1 aliphatic heterocycles. The smallest absolute Gasteiger partial charge is 0.247 e. The summed E-state index contributed by atoms with van der Waals surface area (Å²) in [6, 6.07) is 14.7. The molecule has 0 radical (unpaired) electrons. The largest absolute Gasteiger partial charge is 0.486 e. The summed E-state index contributed by atoms with van der Waals surface area (Å²) in [6.45, 7) is 2.30. The molecule has 34 heavy (non-hydrogen) atoms. The van der Waals surface area contributed by atoms with E-state index in [1.807, 2.05) is 55.5 Å². The second-order valence-corrected chi connectivity index (χ2v) is 9.41. The highest BCUT2D eigenvalue weighted by Gasteiger charge is 2.51. The number of aryl methyl sites for hydroxylation is 1. The Labute approximate surface area is 199 Å². The van der Waals surface area contributed by atoms with Crippen LogP contribution in [0, 0.1) is 12.8 Å². The fourth-order valence-corrected chi connectivity index (χ4v) is 4.98. The number of fused-ring (bicyclic) bond motifs is 3. The minimum Gasteiger partial charge on any atom is -0.486 e. The standard InChI is InChI=1S/C27H30N2O5/c1-16-6-8-17(9-7-16)15-29(27(33)18-10-11-18)21-14-20(26(32)28-12-13-30)23-19-4-2-3-5-22(19)34-25(23)24(21)31/h2-9,14,18,21,23-25,30-31H,10-13,15H2,1H3,(H,28,32)/t21-,23+,24+,25+/m1/s1. The first kappa shape index (κ1) is 22.6. The van der Waals surface area contributed by atoms with Crippen LogP contribution in [0.25, 0.3) is 0 Å². The van der Waals surface area contributed by atoms with Crippen molar-refractivity contribution in [1.82, 2.24) is 10.2 Å². The fourth-order valence-electron chi connectivity index (χ4n) is 4.98. The van der Waals surface area contributed by atoms with Gasteiger partial charge in [-0.05, 0) is 37.5 Å². The number of carbonyl (C=O) groups excluding carboxylic acids is 2. The SMILES string of the molecule is Cc1ccc(CN(C(=O)C2CC2)[C@@H]2C=C(C(=O)NCCO)[C@@H]3c4ccccc4O[C@@H]3[C@H]2O)cc1. The quantitative estimate of drug-likeness (QED) is 0.585. The van der Waals surface area contributed by atoms with Crippen molar-refractivity contribution in [2.45, 2.75) is 50.5 Å². The Hall–Kier alpha value is -3.16. The van der Waals surface area contributed by atoms with Gasteiger partial charge in [-0.1, -0.05) is 48.0 Å². The zero-order valence-corrected chi connectivity index (χ0v) is 19.2. The second kappa shape index (κ2) is 9.24. The van der Waals surface area contributed by atoms with Crippen LogP contribution in [0.1, 0.15) is 35.4 Å². The van der Waals surface area contributed by atoms with E-state index in [4.69, 9.17) is 4.74 Å². The number of aliphatic hydroxyl groups is 2. The zero-order chi connectivity index (χ0) is 23.8. The summed E-state index contributed by atoms with van der Waals surface area (Å²) < 4.78 is 6.15. The van der Waals surface area contributed by atoms with E-state index in [1.165, 1.54) is 0 Å². The van der Waals surface area contributed by atoms with Gasteiger partial charge >= 0.3 is 0 Å². The number of hydrogen-bond donors (Lipinski definition) is 3. The van der Waals surface area contributed by atoms with Gasteiger partial charge in [-0.3, -0.25) is 9.59 Å². The molecule has 178 valence electrons. The van der Waals surface area contributed by atoms with Crippen LogP contribution in [0.3, 0.4) is 0 Å². The topological polar surface area (TPSA) is 99.1 Å². The maximum atomic E-state index is 13.4. The maximum Gasteiger partial charge on any atom is 0.247 e. The molecule has 3 N–H and O–H groups in total. The number of benzene rings is 2. The zero-order valence-electron chi connectivity index (χ0n) is 19.2. The van der Waals surface area contributed by atoms with Crippen molar-refractivity contribution >= 4 is 11.8 Å². The van der Waals surface area contributed by atoms with Gasteiger partial charge in [-0.2, -0.15) is 0 Å². The van der Waals surface area contributed by atoms with Gasteiger partial charge in [0.15, 0.2) is 0 Å². The van der Waals surface area contributed by atoms with Crippen molar-refractivity contribution in [2.24, 2.45) is 5.92 Å². The molecule has 0 bridgehead atoms. The number of nitrogens with one attached hydrogen (secondary N) is 1. The molecule has 0 aromatic heterocycles. The Balaban J connectivity index is 1.54. The van der Waals surface area contributed by atoms with E-state index in [0.717, 1.165) is 29.5 Å². The number of aliphatic hydroxyl groups excluding tert-OH is 2. The van der Waals surface area contributed by atoms with Crippen LogP contribution in [0.2, 0.25) is 0 Å². The summed E-state index contributed by atoms with van der Waals surface area (Å²) in [6.07, 6.45) is 1.73. The van der Waals surface area contributed by atoms with Crippen LogP contribution < -0.4 is 10.1 Å². The summed E-state index contributed by atoms with van der Waals surface area (Å²) in [5.74, 6) is -0.187. The number of ether oxygens (including phenoxy) is 1. The average Bonchev–Trinajstić information content (AvgIpc) is 3.62. The van der Waals surface area contributed by atoms with E-state index in [9.17, 15) is 19.8 Å². The molecule has 5 rings (SSSR count). The molecule has 2 aliphatic carbocycles. The van der Waals surface area contributed by atoms with Crippen LogP contribution in [0.5, 0.6) is 5.75 Å². The monoisotopic (exact) mass is 462 g/mol. The highest BCUT2D eigenvalue weighted by molar-refractivity contribution is 5.96. The number of carbonyl (C=O) groups is 2. The lowest BCUT2D eigenvalue weighted by Crippen LogP contribution is -2.55. The Morgan fingerprint density at radius 3 is 2.56 bits per heavy atom. The van der Waals surface area contributed by atoms with Crippen LogP contribution in [0.4, 0.5) is 0 Å². The van der Waals surface area contributed by atoms with Crippen LogP contribution in [0.15, 0.2) is 60.2 Å². The van der Waals surface area contributed by atoms with Gasteiger partial charge in [0, 0.05) is 30.1 Å². The molecule has 3 aliphatic rings. The lowest BCUT2D eigenvalue weighted by Gasteiger charge is -2.41. The van der Waals surface area contributed by atoms with Gasteiger partial charge in [0.2, 0.25) is 11.8 Å². The first-order valence-corrected chi connectivity index (χ1v) is 11.9. The summed E-state index contributed by atoms with van der Waals surface area (Å²) in [4.78, 5) is 28.3. The molecule has 0 saturated heterocycles. The molecule has 4 atom stereocenters. The molecular weight excluding hydrogens is 432 g/mol. The van der Waals surface area contributed by atoms with Crippen molar-refractivity contribution in [2.75, 3.05) is 13.2 Å². The molecule has 0 unspecified atom stereocenters. The number of para-hydroxylation sites is 1. The molecule has 7 nitrogen and oxygen atoms in total. The highest BCUT2D eigenvalue weighted by Crippen LogP contribution is 2.47. The predicted molar refractivity (Wildman–Crippen MR) is 126 cm³/mol. The van der Waals surface area contributed by atoms with Gasteiger partial charge in [-0.25, -0.2) is 0 Å². The molecule has 1 fully saturated rings. The fraction of sp³-hybridized carbons (Fsp3) is 0.407. The molecule has 2 aromatic carbocycles. The lowest BCUT2D eigenvalue weighted by atomic mass is 9.77. The third kappa shape index (κ3) is 4.21. The molecule has 0 spiro atoms. The second-order valence-electron chi connectivity index (χ2n) is 9.41. The third-order valence-corrected chi connectivity index (χ3v) is 6.92. The number of hydrogen-bond acceptors (Lipinski definition) is 5. The molecule has 1 saturated carbocycles. The summed E-state index contributed by atoms with van der Waals surface area (Å²) in [5.41, 5.74) is 3.39. The van der Waals surface area contributed by atoms with Crippen molar-refractivity contribution in [3.05, 3.63) is 76.9 Å². The number of rotatable bonds is 7. The van der Waals surface area contributed by atoms with E-state index < -0.39 is 24.2 Å². The molecule has 1 heterocycles. The Morgan fingerprint density at radius 2 is 1.85 bits per heavy atom. The molecule has 2 aromatic rings. The van der Waals surface area contributed by atoms with Crippen molar-refractivity contribution < 1.29 is 24.5 Å². The van der Waals surface area contributed by atoms with Crippen molar-refractivity contribution in [3.63, 3.8) is 0 Å². The van der Waals surface area contributed by atoms with Crippen LogP contribution in [-0.2, 0) is 16.1 Å². The molecule has 2 amide bonds. The highest BCUT2D eigenvalue weighted by atomic mass is 16.5. The van der Waals surface area contributed by atoms with Crippen molar-refractivity contribution in [3.8, 4) is 5.75 Å². The Morgan fingerprint density at radius 1 is 1.12 bits per heavy atom. The van der Waals surface area contributed by atoms with E-state index in [0.29, 0.717) is 17.9 Å². The summed E-state index contributed by atoms with van der Waals surface area (Å²) >= 11 is 0. The van der Waals surface area contributed by atoms with Gasteiger partial charge in [0.1, 0.15) is 18.0 Å². The molecule has 7 heteroatoms. The van der Waals surface area contributed by atoms with E-state index in [1.54, 1.807) is 11.0 Å². The van der Waals surface area contributed by atoms with Gasteiger partial charge in [-0.15, -0.1) is 0 Å². The minimum absolute atomic E-state index is 0.00930. The lowest BCUT2D eigenvalue weighted by molar-refractivity contribution is -0.139. The van der Waals surface area contributed by atoms with E-state index in [-0.39, 0.29) is 30.9 Å². The first-order valence-electron chi connectivity index (χ1n) is 11.9. The van der Waals surface area contributed by atoms with Crippen LogP contribution in [-0.4, -0.2) is 58.3 Å². The maximum absolute atomic E-state index is 13.4. The van der Waals surface area contributed by atoms with Gasteiger partial charge in [0.05, 0.1) is 18.6 Å². The number of nitrogens with zero attached hydrogens (tertiary/aromatic N) is 1. The Kier molecular flexibility index (Phi) is 6.15. The summed E-state index contributed by atoms with van der Waals surface area (Å²) in [7, 11) is 0. The van der Waals surface area contributed by atoms with E-state index >= 15 is 0 Å². The van der Waals surface area contributed by atoms with Gasteiger partial charge in [0.25, 0.3) is 0 Å². The molecular formula is C27H30N2O5. The third-order valence-electron chi connectivity index (χ3n) is 6.92. The average molecular weight is 463 g/mol. The van der Waals surface area contributed by atoms with Crippen LogP contribution >= 0.6 is 0 Å².